The van der Waals surface area contributed by atoms with Crippen molar-refractivity contribution >= 4 is 41.5 Å². The average Bonchev–Trinajstić information content (AvgIpc) is 3.42. The van der Waals surface area contributed by atoms with Gasteiger partial charge >= 0.3 is 0 Å². The van der Waals surface area contributed by atoms with Crippen LogP contribution in [0.5, 0.6) is 0 Å². The summed E-state index contributed by atoms with van der Waals surface area (Å²) in [7, 11) is 3.92. The summed E-state index contributed by atoms with van der Waals surface area (Å²) in [5.74, 6) is 1.45. The molecule has 0 spiro atoms. The molecule has 1 heterocycles. The molecule has 2 N–H and O–H groups in total. The van der Waals surface area contributed by atoms with E-state index in [0.29, 0.717) is 11.9 Å². The fraction of sp³-hybridized carbons (Fsp3) is 0.636. The average molecular weight is 513 g/mol. The Morgan fingerprint density at radius 3 is 2.59 bits per heavy atom. The van der Waals surface area contributed by atoms with Gasteiger partial charge in [0.1, 0.15) is 0 Å². The van der Waals surface area contributed by atoms with E-state index in [2.05, 4.69) is 58.8 Å². The van der Waals surface area contributed by atoms with Crippen LogP contribution in [0, 0.1) is 5.92 Å². The van der Waals surface area contributed by atoms with E-state index in [9.17, 15) is 4.79 Å². The van der Waals surface area contributed by atoms with Crippen LogP contribution in [0.4, 0.5) is 5.69 Å². The standard InChI is InChI=1S/C22H35N5O.HI/c1-17(26(3)20-11-5-4-6-12-20)15-24-22(23-2)25-19-13-14-27(16-19)21(28)18-9-7-8-10-18;/h4-6,11-12,17-19H,7-10,13-16H2,1-3H3,(H2,23,24,25);1H. The Kier molecular flexibility index (Phi) is 9.52. The lowest BCUT2D eigenvalue weighted by atomic mass is 10.1. The van der Waals surface area contributed by atoms with Gasteiger partial charge in [-0.3, -0.25) is 9.79 Å². The van der Waals surface area contributed by atoms with Crippen molar-refractivity contribution in [3.8, 4) is 0 Å². The number of aliphatic imine (C=N–C) groups is 1. The molecule has 2 unspecified atom stereocenters. The van der Waals surface area contributed by atoms with Crippen LogP contribution in [-0.4, -0.2) is 62.6 Å². The first kappa shape index (κ1) is 23.8. The van der Waals surface area contributed by atoms with E-state index in [1.807, 2.05) is 11.0 Å². The second-order valence-electron chi connectivity index (χ2n) is 8.14. The van der Waals surface area contributed by atoms with Crippen LogP contribution in [0.25, 0.3) is 0 Å². The van der Waals surface area contributed by atoms with Crippen LogP contribution in [-0.2, 0) is 4.79 Å². The molecule has 162 valence electrons. The number of carbonyl (C=O) groups excluding carboxylic acids is 1. The molecular formula is C22H36IN5O. The van der Waals surface area contributed by atoms with Crippen molar-refractivity contribution in [3.05, 3.63) is 30.3 Å². The summed E-state index contributed by atoms with van der Waals surface area (Å²) in [6.45, 7) is 4.64. The van der Waals surface area contributed by atoms with E-state index in [1.54, 1.807) is 7.05 Å². The van der Waals surface area contributed by atoms with Gasteiger partial charge in [-0.1, -0.05) is 31.0 Å². The number of guanidine groups is 1. The number of para-hydroxylation sites is 1. The van der Waals surface area contributed by atoms with Gasteiger partial charge in [0.15, 0.2) is 5.96 Å². The molecule has 1 aliphatic carbocycles. The number of benzene rings is 1. The Labute approximate surface area is 192 Å². The van der Waals surface area contributed by atoms with Crippen LogP contribution in [0.2, 0.25) is 0 Å². The summed E-state index contributed by atoms with van der Waals surface area (Å²) < 4.78 is 0. The predicted octanol–water partition coefficient (Wildman–Crippen LogP) is 3.09. The third-order valence-electron chi connectivity index (χ3n) is 6.16. The fourth-order valence-corrected chi connectivity index (χ4v) is 4.20. The third kappa shape index (κ3) is 6.49. The highest BCUT2D eigenvalue weighted by Crippen LogP contribution is 2.27. The number of carbonyl (C=O) groups is 1. The first-order chi connectivity index (χ1) is 13.6. The lowest BCUT2D eigenvalue weighted by Gasteiger charge is -2.28. The van der Waals surface area contributed by atoms with Gasteiger partial charge in [0.05, 0.1) is 0 Å². The monoisotopic (exact) mass is 513 g/mol. The Bertz CT molecular complexity index is 662. The zero-order chi connectivity index (χ0) is 19.9. The maximum Gasteiger partial charge on any atom is 0.225 e. The Morgan fingerprint density at radius 1 is 1.24 bits per heavy atom. The van der Waals surface area contributed by atoms with Gasteiger partial charge in [-0.05, 0) is 38.3 Å². The van der Waals surface area contributed by atoms with Crippen LogP contribution in [0.1, 0.15) is 39.0 Å². The number of hydrogen-bond donors (Lipinski definition) is 2. The molecule has 2 fully saturated rings. The van der Waals surface area contributed by atoms with Crippen molar-refractivity contribution in [2.75, 3.05) is 38.6 Å². The van der Waals surface area contributed by atoms with Crippen molar-refractivity contribution in [2.45, 2.75) is 51.1 Å². The summed E-state index contributed by atoms with van der Waals surface area (Å²) in [5.41, 5.74) is 1.21. The second-order valence-corrected chi connectivity index (χ2v) is 8.14. The van der Waals surface area contributed by atoms with Crippen LogP contribution in [0.3, 0.4) is 0 Å². The van der Waals surface area contributed by atoms with Crippen LogP contribution in [0.15, 0.2) is 35.3 Å². The summed E-state index contributed by atoms with van der Waals surface area (Å²) >= 11 is 0. The van der Waals surface area contributed by atoms with Crippen molar-refractivity contribution < 1.29 is 4.79 Å². The van der Waals surface area contributed by atoms with E-state index >= 15 is 0 Å². The second kappa shape index (κ2) is 11.6. The maximum absolute atomic E-state index is 12.6. The Morgan fingerprint density at radius 2 is 1.93 bits per heavy atom. The number of anilines is 1. The normalized spacial score (nSPS) is 20.9. The van der Waals surface area contributed by atoms with E-state index in [1.165, 1.54) is 18.5 Å². The molecule has 1 aromatic carbocycles. The minimum Gasteiger partial charge on any atom is -0.370 e. The van der Waals surface area contributed by atoms with Crippen LogP contribution >= 0.6 is 24.0 Å². The quantitative estimate of drug-likeness (QED) is 0.349. The van der Waals surface area contributed by atoms with Crippen molar-refractivity contribution in [1.82, 2.24) is 15.5 Å². The first-order valence-corrected chi connectivity index (χ1v) is 10.6. The first-order valence-electron chi connectivity index (χ1n) is 10.6. The molecule has 2 atom stereocenters. The van der Waals surface area contributed by atoms with Crippen molar-refractivity contribution in [2.24, 2.45) is 10.9 Å². The van der Waals surface area contributed by atoms with E-state index in [-0.39, 0.29) is 35.9 Å². The van der Waals surface area contributed by atoms with Gasteiger partial charge in [-0.15, -0.1) is 24.0 Å². The summed E-state index contributed by atoms with van der Waals surface area (Å²) in [6.07, 6.45) is 5.54. The largest absolute Gasteiger partial charge is 0.370 e. The number of hydrogen-bond acceptors (Lipinski definition) is 3. The van der Waals surface area contributed by atoms with Gasteiger partial charge < -0.3 is 20.4 Å². The summed E-state index contributed by atoms with van der Waals surface area (Å²) in [4.78, 5) is 21.3. The highest BCUT2D eigenvalue weighted by Gasteiger charge is 2.32. The highest BCUT2D eigenvalue weighted by atomic mass is 127. The molecule has 1 aliphatic heterocycles. The molecule has 0 aromatic heterocycles. The van der Waals surface area contributed by atoms with Gasteiger partial charge in [0.2, 0.25) is 5.91 Å². The topological polar surface area (TPSA) is 60.0 Å². The molecule has 1 saturated carbocycles. The highest BCUT2D eigenvalue weighted by molar-refractivity contribution is 14.0. The number of nitrogens with one attached hydrogen (secondary N) is 2. The molecular weight excluding hydrogens is 477 g/mol. The maximum atomic E-state index is 12.6. The van der Waals surface area contributed by atoms with Gasteiger partial charge in [-0.25, -0.2) is 0 Å². The number of likely N-dealkylation sites (tertiary alicyclic amines) is 1. The molecule has 0 radical (unpaired) electrons. The molecule has 1 saturated heterocycles. The Balaban J connectivity index is 0.00000300. The van der Waals surface area contributed by atoms with Gasteiger partial charge in [-0.2, -0.15) is 0 Å². The smallest absolute Gasteiger partial charge is 0.225 e. The molecule has 3 rings (SSSR count). The SMILES string of the molecule is CN=C(NCC(C)N(C)c1ccccc1)NC1CCN(C(=O)C2CCCC2)C1.I. The Hall–Kier alpha value is -1.51. The summed E-state index contributed by atoms with van der Waals surface area (Å²) in [6, 6.07) is 11.0. The van der Waals surface area contributed by atoms with Gasteiger partial charge in [0, 0.05) is 57.4 Å². The fourth-order valence-electron chi connectivity index (χ4n) is 4.20. The lowest BCUT2D eigenvalue weighted by molar-refractivity contribution is -0.134. The lowest BCUT2D eigenvalue weighted by Crippen LogP contribution is -2.49. The minimum atomic E-state index is 0. The number of amides is 1. The zero-order valence-corrected chi connectivity index (χ0v) is 20.3. The summed E-state index contributed by atoms with van der Waals surface area (Å²) in [5, 5.41) is 6.94. The molecule has 6 nitrogen and oxygen atoms in total. The number of halogens is 1. The number of rotatable bonds is 6. The zero-order valence-electron chi connectivity index (χ0n) is 17.9. The molecule has 7 heteroatoms. The van der Waals surface area contributed by atoms with E-state index in [0.717, 1.165) is 44.9 Å². The molecule has 0 bridgehead atoms. The molecule has 1 aromatic rings. The molecule has 29 heavy (non-hydrogen) atoms. The van der Waals surface area contributed by atoms with Crippen LogP contribution < -0.4 is 15.5 Å². The van der Waals surface area contributed by atoms with Crippen molar-refractivity contribution in [3.63, 3.8) is 0 Å². The predicted molar refractivity (Wildman–Crippen MR) is 131 cm³/mol. The number of nitrogens with zero attached hydrogens (tertiary/aromatic N) is 3. The number of likely N-dealkylation sites (N-methyl/N-ethyl adjacent to an activating group) is 1. The van der Waals surface area contributed by atoms with Crippen molar-refractivity contribution in [1.29, 1.82) is 0 Å². The minimum absolute atomic E-state index is 0. The van der Waals surface area contributed by atoms with E-state index < -0.39 is 0 Å². The van der Waals surface area contributed by atoms with E-state index in [4.69, 9.17) is 0 Å². The van der Waals surface area contributed by atoms with Gasteiger partial charge in [0.25, 0.3) is 0 Å². The molecule has 1 amide bonds. The third-order valence-corrected chi connectivity index (χ3v) is 6.16. The molecule has 2 aliphatic rings.